The topological polar surface area (TPSA) is 47.7 Å². The highest BCUT2D eigenvalue weighted by Gasteiger charge is 2.32. The van der Waals surface area contributed by atoms with E-state index in [0.717, 1.165) is 39.2 Å². The molecule has 4 nitrogen and oxygen atoms in total. The minimum Gasteiger partial charge on any atom is -0.377 e. The second-order valence-corrected chi connectivity index (χ2v) is 3.67. The van der Waals surface area contributed by atoms with Crippen molar-refractivity contribution in [1.29, 1.82) is 0 Å². The standard InChI is InChI=1S/C10H22N2O2/c1-3-14-10-8-12(6-4-5-11)7-9(10)13-2/h9-10H,3-8,11H2,1-2H3. The number of likely N-dealkylation sites (tertiary alicyclic amines) is 1. The van der Waals surface area contributed by atoms with Gasteiger partial charge in [0, 0.05) is 26.8 Å². The number of ether oxygens (including phenoxy) is 2. The summed E-state index contributed by atoms with van der Waals surface area (Å²) < 4.78 is 11.0. The Bertz CT molecular complexity index is 155. The van der Waals surface area contributed by atoms with Crippen molar-refractivity contribution in [3.8, 4) is 0 Å². The van der Waals surface area contributed by atoms with Gasteiger partial charge in [-0.05, 0) is 26.4 Å². The average molecular weight is 202 g/mol. The zero-order valence-electron chi connectivity index (χ0n) is 9.24. The van der Waals surface area contributed by atoms with Gasteiger partial charge >= 0.3 is 0 Å². The maximum absolute atomic E-state index is 5.62. The summed E-state index contributed by atoms with van der Waals surface area (Å²) in [6.45, 7) is 6.55. The van der Waals surface area contributed by atoms with Crippen LogP contribution in [0.3, 0.4) is 0 Å². The van der Waals surface area contributed by atoms with Gasteiger partial charge in [-0.15, -0.1) is 0 Å². The minimum atomic E-state index is 0.229. The maximum Gasteiger partial charge on any atom is 0.0975 e. The van der Waals surface area contributed by atoms with Gasteiger partial charge in [0.25, 0.3) is 0 Å². The summed E-state index contributed by atoms with van der Waals surface area (Å²) in [7, 11) is 1.75. The Morgan fingerprint density at radius 2 is 2.07 bits per heavy atom. The number of rotatable bonds is 6. The van der Waals surface area contributed by atoms with Gasteiger partial charge in [0.1, 0.15) is 0 Å². The quantitative estimate of drug-likeness (QED) is 0.662. The van der Waals surface area contributed by atoms with Crippen molar-refractivity contribution in [2.75, 3.05) is 39.9 Å². The summed E-state index contributed by atoms with van der Waals surface area (Å²) in [5.74, 6) is 0. The fourth-order valence-electron chi connectivity index (χ4n) is 1.92. The summed E-state index contributed by atoms with van der Waals surface area (Å²) in [5, 5.41) is 0. The van der Waals surface area contributed by atoms with Crippen molar-refractivity contribution in [2.24, 2.45) is 5.73 Å². The van der Waals surface area contributed by atoms with E-state index in [2.05, 4.69) is 4.90 Å². The number of methoxy groups -OCH3 is 1. The molecule has 1 rings (SSSR count). The lowest BCUT2D eigenvalue weighted by atomic mass is 10.2. The molecular formula is C10H22N2O2. The molecule has 1 aliphatic heterocycles. The van der Waals surface area contributed by atoms with E-state index in [0.29, 0.717) is 0 Å². The lowest BCUT2D eigenvalue weighted by Crippen LogP contribution is -2.28. The van der Waals surface area contributed by atoms with Crippen molar-refractivity contribution < 1.29 is 9.47 Å². The van der Waals surface area contributed by atoms with Gasteiger partial charge in [-0.1, -0.05) is 0 Å². The van der Waals surface area contributed by atoms with Crippen LogP contribution in [0, 0.1) is 0 Å². The van der Waals surface area contributed by atoms with Crippen LogP contribution < -0.4 is 5.73 Å². The SMILES string of the molecule is CCOC1CN(CCCN)CC1OC. The van der Waals surface area contributed by atoms with Crippen LogP contribution in [0.15, 0.2) is 0 Å². The van der Waals surface area contributed by atoms with E-state index in [1.165, 1.54) is 0 Å². The van der Waals surface area contributed by atoms with Gasteiger partial charge < -0.3 is 15.2 Å². The van der Waals surface area contributed by atoms with Crippen molar-refractivity contribution in [1.82, 2.24) is 4.90 Å². The third-order valence-electron chi connectivity index (χ3n) is 2.65. The first kappa shape index (κ1) is 11.9. The van der Waals surface area contributed by atoms with Crippen molar-refractivity contribution in [3.63, 3.8) is 0 Å². The van der Waals surface area contributed by atoms with Gasteiger partial charge in [0.15, 0.2) is 0 Å². The van der Waals surface area contributed by atoms with Gasteiger partial charge in [-0.3, -0.25) is 4.90 Å². The third-order valence-corrected chi connectivity index (χ3v) is 2.65. The molecule has 0 aromatic carbocycles. The number of hydrogen-bond donors (Lipinski definition) is 1. The van der Waals surface area contributed by atoms with E-state index in [1.54, 1.807) is 7.11 Å². The molecule has 1 fully saturated rings. The highest BCUT2D eigenvalue weighted by Crippen LogP contribution is 2.16. The Kier molecular flexibility index (Phi) is 5.40. The lowest BCUT2D eigenvalue weighted by Gasteiger charge is -2.16. The minimum absolute atomic E-state index is 0.229. The van der Waals surface area contributed by atoms with Crippen LogP contribution in [0.4, 0.5) is 0 Å². The third kappa shape index (κ3) is 3.20. The molecule has 1 heterocycles. The highest BCUT2D eigenvalue weighted by atomic mass is 16.5. The number of hydrogen-bond acceptors (Lipinski definition) is 4. The van der Waals surface area contributed by atoms with Crippen LogP contribution in [0.5, 0.6) is 0 Å². The fraction of sp³-hybridized carbons (Fsp3) is 1.00. The van der Waals surface area contributed by atoms with Crippen LogP contribution >= 0.6 is 0 Å². The van der Waals surface area contributed by atoms with Crippen LogP contribution in [0.2, 0.25) is 0 Å². The second kappa shape index (κ2) is 6.35. The van der Waals surface area contributed by atoms with Crippen molar-refractivity contribution in [3.05, 3.63) is 0 Å². The molecule has 0 radical (unpaired) electrons. The van der Waals surface area contributed by atoms with Gasteiger partial charge in [0.05, 0.1) is 12.2 Å². The van der Waals surface area contributed by atoms with Crippen LogP contribution in [0.1, 0.15) is 13.3 Å². The molecule has 0 aromatic rings. The molecule has 2 unspecified atom stereocenters. The first-order valence-corrected chi connectivity index (χ1v) is 5.38. The van der Waals surface area contributed by atoms with E-state index < -0.39 is 0 Å². The highest BCUT2D eigenvalue weighted by molar-refractivity contribution is 4.85. The molecule has 1 aliphatic rings. The van der Waals surface area contributed by atoms with Crippen LogP contribution in [0.25, 0.3) is 0 Å². The summed E-state index contributed by atoms with van der Waals surface area (Å²) in [5.41, 5.74) is 5.48. The Balaban J connectivity index is 2.31. The molecule has 2 atom stereocenters. The molecule has 0 aromatic heterocycles. The van der Waals surface area contributed by atoms with E-state index >= 15 is 0 Å². The first-order valence-electron chi connectivity index (χ1n) is 5.38. The summed E-state index contributed by atoms with van der Waals surface area (Å²) in [4.78, 5) is 2.36. The Hall–Kier alpha value is -0.160. The summed E-state index contributed by atoms with van der Waals surface area (Å²) in [6.07, 6.45) is 1.52. The lowest BCUT2D eigenvalue weighted by molar-refractivity contribution is -0.0233. The van der Waals surface area contributed by atoms with E-state index in [1.807, 2.05) is 6.92 Å². The zero-order valence-corrected chi connectivity index (χ0v) is 9.24. The molecule has 0 spiro atoms. The first-order chi connectivity index (χ1) is 6.81. The van der Waals surface area contributed by atoms with Gasteiger partial charge in [-0.2, -0.15) is 0 Å². The van der Waals surface area contributed by atoms with Gasteiger partial charge in [-0.25, -0.2) is 0 Å². The molecule has 0 bridgehead atoms. The van der Waals surface area contributed by atoms with Crippen molar-refractivity contribution >= 4 is 0 Å². The smallest absolute Gasteiger partial charge is 0.0975 e. The van der Waals surface area contributed by atoms with Crippen LogP contribution in [-0.4, -0.2) is 57.0 Å². The molecule has 0 aliphatic carbocycles. The summed E-state index contributed by atoms with van der Waals surface area (Å²) in [6, 6.07) is 0. The molecule has 14 heavy (non-hydrogen) atoms. The van der Waals surface area contributed by atoms with Gasteiger partial charge in [0.2, 0.25) is 0 Å². The Morgan fingerprint density at radius 3 is 2.64 bits per heavy atom. The Morgan fingerprint density at radius 1 is 1.36 bits per heavy atom. The molecule has 4 heteroatoms. The largest absolute Gasteiger partial charge is 0.377 e. The molecular weight excluding hydrogens is 180 g/mol. The maximum atomic E-state index is 5.62. The van der Waals surface area contributed by atoms with E-state index in [4.69, 9.17) is 15.2 Å². The number of nitrogens with two attached hydrogens (primary N) is 1. The second-order valence-electron chi connectivity index (χ2n) is 3.67. The molecule has 84 valence electrons. The molecule has 0 amide bonds. The average Bonchev–Trinajstić information content (AvgIpc) is 2.58. The molecule has 0 saturated carbocycles. The van der Waals surface area contributed by atoms with Crippen molar-refractivity contribution in [2.45, 2.75) is 25.6 Å². The normalized spacial score (nSPS) is 28.5. The monoisotopic (exact) mass is 202 g/mol. The molecule has 1 saturated heterocycles. The Labute approximate surface area is 86.3 Å². The fourth-order valence-corrected chi connectivity index (χ4v) is 1.92. The zero-order chi connectivity index (χ0) is 10.4. The van der Waals surface area contributed by atoms with Crippen LogP contribution in [-0.2, 0) is 9.47 Å². The predicted molar refractivity (Wildman–Crippen MR) is 56.3 cm³/mol. The predicted octanol–water partition coefficient (Wildman–Crippen LogP) is 0.0709. The number of nitrogens with zero attached hydrogens (tertiary/aromatic N) is 1. The van der Waals surface area contributed by atoms with E-state index in [-0.39, 0.29) is 12.2 Å². The molecule has 2 N–H and O–H groups in total. The summed E-state index contributed by atoms with van der Waals surface area (Å²) >= 11 is 0. The van der Waals surface area contributed by atoms with E-state index in [9.17, 15) is 0 Å².